The molecule has 2 aromatic carbocycles. The lowest BCUT2D eigenvalue weighted by molar-refractivity contribution is -0.115. The van der Waals surface area contributed by atoms with Crippen LogP contribution in [0.1, 0.15) is 17.3 Å². The molecule has 0 bridgehead atoms. The molecule has 126 valence electrons. The van der Waals surface area contributed by atoms with E-state index in [2.05, 4.69) is 15.9 Å². The summed E-state index contributed by atoms with van der Waals surface area (Å²) in [6, 6.07) is 10.2. The van der Waals surface area contributed by atoms with Crippen LogP contribution in [0.15, 0.2) is 46.9 Å². The van der Waals surface area contributed by atoms with E-state index in [1.165, 1.54) is 37.3 Å². The zero-order chi connectivity index (χ0) is 17.7. The minimum Gasteiger partial charge on any atom is -0.478 e. The van der Waals surface area contributed by atoms with Gasteiger partial charge in [0.1, 0.15) is 17.3 Å². The number of carbonyl (C=O) groups excluding carboxylic acids is 1. The number of carboxylic acid groups (broad SMARTS) is 1. The van der Waals surface area contributed by atoms with Gasteiger partial charge < -0.3 is 14.7 Å². The molecule has 0 saturated heterocycles. The van der Waals surface area contributed by atoms with Crippen LogP contribution in [0.5, 0.6) is 5.75 Å². The third kappa shape index (κ3) is 4.79. The number of nitrogens with zero attached hydrogens (tertiary/aromatic N) is 1. The Bertz CT molecular complexity index is 766. The average molecular weight is 396 g/mol. The minimum absolute atomic E-state index is 0.00683. The van der Waals surface area contributed by atoms with E-state index in [0.29, 0.717) is 15.9 Å². The molecule has 0 saturated carbocycles. The number of hydrogen-bond donors (Lipinski definition) is 1. The van der Waals surface area contributed by atoms with Gasteiger partial charge in [0.2, 0.25) is 0 Å². The molecule has 1 N–H and O–H groups in total. The van der Waals surface area contributed by atoms with Crippen LogP contribution in [0, 0.1) is 5.82 Å². The highest BCUT2D eigenvalue weighted by atomic mass is 79.9. The van der Waals surface area contributed by atoms with Gasteiger partial charge in [0.05, 0.1) is 16.6 Å². The Labute approximate surface area is 146 Å². The quantitative estimate of drug-likeness (QED) is 0.723. The van der Waals surface area contributed by atoms with Gasteiger partial charge in [-0.05, 0) is 59.3 Å². The number of halogens is 2. The van der Waals surface area contributed by atoms with Crippen LogP contribution in [0.2, 0.25) is 0 Å². The SMILES string of the molecule is CC(=O)CN(COc1ccc(F)cc1Br)c1cccc(C(=O)O)c1. The van der Waals surface area contributed by atoms with Crippen molar-refractivity contribution in [1.82, 2.24) is 0 Å². The van der Waals surface area contributed by atoms with Gasteiger partial charge >= 0.3 is 5.97 Å². The fourth-order valence-corrected chi connectivity index (χ4v) is 2.52. The summed E-state index contributed by atoms with van der Waals surface area (Å²) >= 11 is 3.21. The second-order valence-corrected chi connectivity index (χ2v) is 5.96. The molecule has 7 heteroatoms. The highest BCUT2D eigenvalue weighted by molar-refractivity contribution is 9.10. The van der Waals surface area contributed by atoms with E-state index < -0.39 is 11.8 Å². The third-order valence-corrected chi connectivity index (χ3v) is 3.76. The summed E-state index contributed by atoms with van der Waals surface area (Å²) < 4.78 is 19.2. The van der Waals surface area contributed by atoms with E-state index in [1.54, 1.807) is 17.0 Å². The number of anilines is 1. The van der Waals surface area contributed by atoms with E-state index in [9.17, 15) is 14.0 Å². The van der Waals surface area contributed by atoms with Gasteiger partial charge in [-0.2, -0.15) is 0 Å². The molecular weight excluding hydrogens is 381 g/mol. The molecule has 0 aliphatic rings. The summed E-state index contributed by atoms with van der Waals surface area (Å²) in [5.74, 6) is -1.14. The summed E-state index contributed by atoms with van der Waals surface area (Å²) in [6.07, 6.45) is 0. The third-order valence-electron chi connectivity index (χ3n) is 3.14. The van der Waals surface area contributed by atoms with E-state index in [-0.39, 0.29) is 24.6 Å². The van der Waals surface area contributed by atoms with Crippen LogP contribution < -0.4 is 9.64 Å². The zero-order valence-electron chi connectivity index (χ0n) is 12.8. The number of rotatable bonds is 7. The van der Waals surface area contributed by atoms with Crippen molar-refractivity contribution in [3.05, 3.63) is 58.3 Å². The molecule has 0 aliphatic carbocycles. The zero-order valence-corrected chi connectivity index (χ0v) is 14.4. The monoisotopic (exact) mass is 395 g/mol. The largest absolute Gasteiger partial charge is 0.478 e. The average Bonchev–Trinajstić information content (AvgIpc) is 2.52. The van der Waals surface area contributed by atoms with E-state index in [1.807, 2.05) is 0 Å². The molecule has 0 radical (unpaired) electrons. The van der Waals surface area contributed by atoms with Crippen molar-refractivity contribution >= 4 is 33.4 Å². The van der Waals surface area contributed by atoms with Gasteiger partial charge in [-0.1, -0.05) is 6.07 Å². The lowest BCUT2D eigenvalue weighted by Crippen LogP contribution is -2.32. The lowest BCUT2D eigenvalue weighted by Gasteiger charge is -2.24. The number of carbonyl (C=O) groups is 2. The molecule has 2 rings (SSSR count). The van der Waals surface area contributed by atoms with Gasteiger partial charge in [-0.25, -0.2) is 9.18 Å². The maximum atomic E-state index is 13.1. The number of carboxylic acids is 1. The number of benzene rings is 2. The summed E-state index contributed by atoms with van der Waals surface area (Å²) in [4.78, 5) is 24.2. The van der Waals surface area contributed by atoms with Gasteiger partial charge in [0, 0.05) is 5.69 Å². The number of ketones is 1. The predicted octanol–water partition coefficient (Wildman–Crippen LogP) is 3.72. The first-order valence-electron chi connectivity index (χ1n) is 7.02. The number of ether oxygens (including phenoxy) is 1. The van der Waals surface area contributed by atoms with Gasteiger partial charge in [-0.15, -0.1) is 0 Å². The fourth-order valence-electron chi connectivity index (χ4n) is 2.06. The molecule has 0 aromatic heterocycles. The summed E-state index contributed by atoms with van der Waals surface area (Å²) in [5, 5.41) is 9.08. The first-order chi connectivity index (χ1) is 11.4. The topological polar surface area (TPSA) is 66.8 Å². The fraction of sp³-hybridized carbons (Fsp3) is 0.176. The van der Waals surface area contributed by atoms with Gasteiger partial charge in [0.15, 0.2) is 6.73 Å². The summed E-state index contributed by atoms with van der Waals surface area (Å²) in [5.41, 5.74) is 0.660. The second-order valence-electron chi connectivity index (χ2n) is 5.10. The Kier molecular flexibility index (Phi) is 5.92. The minimum atomic E-state index is -1.05. The maximum Gasteiger partial charge on any atom is 0.335 e. The van der Waals surface area contributed by atoms with Crippen molar-refractivity contribution in [3.8, 4) is 5.75 Å². The summed E-state index contributed by atoms with van der Waals surface area (Å²) in [7, 11) is 0. The smallest absolute Gasteiger partial charge is 0.335 e. The van der Waals surface area contributed by atoms with E-state index >= 15 is 0 Å². The first kappa shape index (κ1) is 17.9. The van der Waals surface area contributed by atoms with E-state index in [4.69, 9.17) is 9.84 Å². The normalized spacial score (nSPS) is 10.3. The highest BCUT2D eigenvalue weighted by Gasteiger charge is 2.13. The standard InChI is InChI=1S/C17H15BrFNO4/c1-11(21)9-20(14-4-2-3-12(7-14)17(22)23)10-24-16-6-5-13(19)8-15(16)18/h2-8H,9-10H2,1H3,(H,22,23). The molecule has 0 unspecified atom stereocenters. The molecule has 0 heterocycles. The molecule has 0 spiro atoms. The van der Waals surface area contributed by atoms with Crippen LogP contribution in [-0.2, 0) is 4.79 Å². The van der Waals surface area contributed by atoms with Crippen LogP contribution in [-0.4, -0.2) is 30.1 Å². The van der Waals surface area contributed by atoms with Crippen LogP contribution in [0.3, 0.4) is 0 Å². The van der Waals surface area contributed by atoms with Gasteiger partial charge in [0.25, 0.3) is 0 Å². The lowest BCUT2D eigenvalue weighted by atomic mass is 10.2. The Morgan fingerprint density at radius 2 is 2.00 bits per heavy atom. The summed E-state index contributed by atoms with van der Waals surface area (Å²) in [6.45, 7) is 1.50. The number of aromatic carboxylic acids is 1. The molecule has 2 aromatic rings. The first-order valence-corrected chi connectivity index (χ1v) is 7.81. The molecule has 0 aliphatic heterocycles. The number of Topliss-reactive ketones (excluding diaryl/α,β-unsaturated/α-hetero) is 1. The van der Waals surface area contributed by atoms with Crippen LogP contribution in [0.25, 0.3) is 0 Å². The Morgan fingerprint density at radius 3 is 2.62 bits per heavy atom. The molecule has 0 fully saturated rings. The molecule has 5 nitrogen and oxygen atoms in total. The van der Waals surface area contributed by atoms with Crippen molar-refractivity contribution in [3.63, 3.8) is 0 Å². The van der Waals surface area contributed by atoms with Gasteiger partial charge in [-0.3, -0.25) is 4.79 Å². The van der Waals surface area contributed by atoms with Crippen molar-refractivity contribution < 1.29 is 23.8 Å². The molecule has 24 heavy (non-hydrogen) atoms. The Balaban J connectivity index is 2.20. The molecule has 0 amide bonds. The second kappa shape index (κ2) is 7.92. The van der Waals surface area contributed by atoms with Crippen LogP contribution >= 0.6 is 15.9 Å². The number of hydrogen-bond acceptors (Lipinski definition) is 4. The van der Waals surface area contributed by atoms with Crippen molar-refractivity contribution in [1.29, 1.82) is 0 Å². The maximum absolute atomic E-state index is 13.1. The van der Waals surface area contributed by atoms with Crippen molar-refractivity contribution in [2.45, 2.75) is 6.92 Å². The predicted molar refractivity (Wildman–Crippen MR) is 91.0 cm³/mol. The Morgan fingerprint density at radius 1 is 1.25 bits per heavy atom. The molecular formula is C17H15BrFNO4. The van der Waals surface area contributed by atoms with Crippen molar-refractivity contribution in [2.75, 3.05) is 18.2 Å². The highest BCUT2D eigenvalue weighted by Crippen LogP contribution is 2.26. The van der Waals surface area contributed by atoms with Crippen LogP contribution in [0.4, 0.5) is 10.1 Å². The van der Waals surface area contributed by atoms with E-state index in [0.717, 1.165) is 0 Å². The molecule has 0 atom stereocenters. The Hall–Kier alpha value is -2.41. The van der Waals surface area contributed by atoms with Crippen molar-refractivity contribution in [2.24, 2.45) is 0 Å².